The molecular weight excluding hydrogens is 313 g/mol. The van der Waals surface area contributed by atoms with Crippen LogP contribution in [0.3, 0.4) is 0 Å². The fraction of sp³-hybridized carbons (Fsp3) is 0.500. The molecule has 1 saturated carbocycles. The zero-order chi connectivity index (χ0) is 13.9. The molecule has 0 aromatic heterocycles. The SMILES string of the molecule is O=C(CCc1ccc(Br)cc1F)NCC1(O)CCC1. The maximum Gasteiger partial charge on any atom is 0.220 e. The number of halogens is 2. The van der Waals surface area contributed by atoms with Gasteiger partial charge < -0.3 is 10.4 Å². The fourth-order valence-electron chi connectivity index (χ4n) is 2.09. The summed E-state index contributed by atoms with van der Waals surface area (Å²) in [5, 5.41) is 12.5. The number of aliphatic hydroxyl groups is 1. The van der Waals surface area contributed by atoms with Crippen LogP contribution in [-0.2, 0) is 11.2 Å². The van der Waals surface area contributed by atoms with Crippen molar-refractivity contribution in [2.45, 2.75) is 37.7 Å². The molecule has 1 aromatic rings. The second kappa shape index (κ2) is 6.01. The summed E-state index contributed by atoms with van der Waals surface area (Å²) in [6.45, 7) is 0.300. The number of amides is 1. The van der Waals surface area contributed by atoms with Crippen molar-refractivity contribution in [1.82, 2.24) is 5.32 Å². The number of carbonyl (C=O) groups excluding carboxylic acids is 1. The smallest absolute Gasteiger partial charge is 0.220 e. The Hall–Kier alpha value is -0.940. The van der Waals surface area contributed by atoms with Gasteiger partial charge in [-0.3, -0.25) is 4.79 Å². The Kier molecular flexibility index (Phi) is 4.58. The predicted molar refractivity (Wildman–Crippen MR) is 74.2 cm³/mol. The van der Waals surface area contributed by atoms with E-state index in [1.54, 1.807) is 12.1 Å². The molecule has 0 radical (unpaired) electrons. The second-order valence-corrected chi connectivity index (χ2v) is 6.01. The monoisotopic (exact) mass is 329 g/mol. The van der Waals surface area contributed by atoms with Crippen LogP contribution in [-0.4, -0.2) is 23.2 Å². The molecule has 1 fully saturated rings. The lowest BCUT2D eigenvalue weighted by Gasteiger charge is -2.36. The minimum Gasteiger partial charge on any atom is -0.388 e. The maximum absolute atomic E-state index is 13.5. The molecule has 0 heterocycles. The van der Waals surface area contributed by atoms with Gasteiger partial charge in [-0.05, 0) is 43.4 Å². The number of rotatable bonds is 5. The highest BCUT2D eigenvalue weighted by Crippen LogP contribution is 2.30. The lowest BCUT2D eigenvalue weighted by molar-refractivity contribution is -0.123. The van der Waals surface area contributed by atoms with E-state index < -0.39 is 5.60 Å². The molecule has 3 nitrogen and oxygen atoms in total. The summed E-state index contributed by atoms with van der Waals surface area (Å²) in [6.07, 6.45) is 3.09. The molecule has 19 heavy (non-hydrogen) atoms. The molecule has 0 saturated heterocycles. The van der Waals surface area contributed by atoms with Crippen molar-refractivity contribution >= 4 is 21.8 Å². The summed E-state index contributed by atoms with van der Waals surface area (Å²) in [5.74, 6) is -0.456. The highest BCUT2D eigenvalue weighted by Gasteiger charge is 2.34. The van der Waals surface area contributed by atoms with Crippen LogP contribution >= 0.6 is 15.9 Å². The first-order chi connectivity index (χ1) is 8.98. The molecule has 5 heteroatoms. The van der Waals surface area contributed by atoms with Crippen LogP contribution in [0.25, 0.3) is 0 Å². The van der Waals surface area contributed by atoms with E-state index in [1.165, 1.54) is 6.07 Å². The number of nitrogens with one attached hydrogen (secondary N) is 1. The summed E-state index contributed by atoms with van der Waals surface area (Å²) < 4.78 is 14.2. The van der Waals surface area contributed by atoms with Crippen LogP contribution in [0.4, 0.5) is 4.39 Å². The molecule has 1 amide bonds. The highest BCUT2D eigenvalue weighted by atomic mass is 79.9. The van der Waals surface area contributed by atoms with Gasteiger partial charge in [0, 0.05) is 17.4 Å². The molecule has 1 aliphatic rings. The fourth-order valence-corrected chi connectivity index (χ4v) is 2.42. The summed E-state index contributed by atoms with van der Waals surface area (Å²) >= 11 is 3.19. The molecule has 2 N–H and O–H groups in total. The van der Waals surface area contributed by atoms with E-state index in [0.29, 0.717) is 23.0 Å². The van der Waals surface area contributed by atoms with Crippen LogP contribution in [0.2, 0.25) is 0 Å². The Morgan fingerprint density at radius 3 is 2.79 bits per heavy atom. The molecule has 2 rings (SSSR count). The minimum atomic E-state index is -0.710. The van der Waals surface area contributed by atoms with E-state index >= 15 is 0 Å². The number of aryl methyl sites for hydroxylation is 1. The standard InChI is InChI=1S/C14H17BrFNO2/c15-11-4-2-10(12(16)8-11)3-5-13(18)17-9-14(19)6-1-7-14/h2,4,8,19H,1,3,5-7,9H2,(H,17,18). The number of hydrogen-bond donors (Lipinski definition) is 2. The van der Waals surface area contributed by atoms with E-state index in [-0.39, 0.29) is 18.1 Å². The van der Waals surface area contributed by atoms with Gasteiger partial charge >= 0.3 is 0 Å². The molecule has 0 spiro atoms. The topological polar surface area (TPSA) is 49.3 Å². The Bertz CT molecular complexity index is 475. The maximum atomic E-state index is 13.5. The van der Waals surface area contributed by atoms with E-state index in [4.69, 9.17) is 0 Å². The third kappa shape index (κ3) is 4.01. The molecule has 0 aliphatic heterocycles. The molecular formula is C14H17BrFNO2. The second-order valence-electron chi connectivity index (χ2n) is 5.09. The first-order valence-corrected chi connectivity index (χ1v) is 7.21. The summed E-state index contributed by atoms with van der Waals surface area (Å²) in [7, 11) is 0. The van der Waals surface area contributed by atoms with Gasteiger partial charge in [0.15, 0.2) is 0 Å². The van der Waals surface area contributed by atoms with Crippen LogP contribution in [0, 0.1) is 5.82 Å². The van der Waals surface area contributed by atoms with E-state index in [2.05, 4.69) is 21.2 Å². The molecule has 0 atom stereocenters. The van der Waals surface area contributed by atoms with Gasteiger partial charge in [0.2, 0.25) is 5.91 Å². The summed E-state index contributed by atoms with van der Waals surface area (Å²) in [4.78, 5) is 11.6. The first-order valence-electron chi connectivity index (χ1n) is 6.42. The Morgan fingerprint density at radius 2 is 2.21 bits per heavy atom. The Labute approximate surface area is 120 Å². The Balaban J connectivity index is 1.76. The number of carbonyl (C=O) groups is 1. The summed E-state index contributed by atoms with van der Waals surface area (Å²) in [6, 6.07) is 4.82. The van der Waals surface area contributed by atoms with Crippen molar-refractivity contribution in [2.24, 2.45) is 0 Å². The van der Waals surface area contributed by atoms with Gasteiger partial charge in [-0.1, -0.05) is 22.0 Å². The van der Waals surface area contributed by atoms with E-state index in [9.17, 15) is 14.3 Å². The van der Waals surface area contributed by atoms with E-state index in [1.807, 2.05) is 0 Å². The zero-order valence-electron chi connectivity index (χ0n) is 10.6. The molecule has 104 valence electrons. The molecule has 0 unspecified atom stereocenters. The Morgan fingerprint density at radius 1 is 1.47 bits per heavy atom. The number of hydrogen-bond acceptors (Lipinski definition) is 2. The average Bonchev–Trinajstić information content (AvgIpc) is 2.33. The van der Waals surface area contributed by atoms with Gasteiger partial charge in [-0.15, -0.1) is 0 Å². The van der Waals surface area contributed by atoms with Crippen molar-refractivity contribution in [3.63, 3.8) is 0 Å². The zero-order valence-corrected chi connectivity index (χ0v) is 12.2. The van der Waals surface area contributed by atoms with Crippen molar-refractivity contribution in [1.29, 1.82) is 0 Å². The van der Waals surface area contributed by atoms with Crippen molar-refractivity contribution in [3.05, 3.63) is 34.1 Å². The molecule has 1 aromatic carbocycles. The third-order valence-electron chi connectivity index (χ3n) is 3.54. The molecule has 1 aliphatic carbocycles. The largest absolute Gasteiger partial charge is 0.388 e. The van der Waals surface area contributed by atoms with Crippen molar-refractivity contribution in [3.8, 4) is 0 Å². The minimum absolute atomic E-state index is 0.150. The van der Waals surface area contributed by atoms with Crippen molar-refractivity contribution < 1.29 is 14.3 Å². The van der Waals surface area contributed by atoms with Gasteiger partial charge in [-0.25, -0.2) is 4.39 Å². The summed E-state index contributed by atoms with van der Waals surface area (Å²) in [5.41, 5.74) is -0.181. The molecule has 0 bridgehead atoms. The normalized spacial score (nSPS) is 16.8. The van der Waals surface area contributed by atoms with Gasteiger partial charge in [-0.2, -0.15) is 0 Å². The average molecular weight is 330 g/mol. The van der Waals surface area contributed by atoms with Gasteiger partial charge in [0.1, 0.15) is 5.82 Å². The lowest BCUT2D eigenvalue weighted by Crippen LogP contribution is -2.47. The van der Waals surface area contributed by atoms with Crippen LogP contribution in [0.15, 0.2) is 22.7 Å². The quantitative estimate of drug-likeness (QED) is 0.872. The number of benzene rings is 1. The van der Waals surface area contributed by atoms with Gasteiger partial charge in [0.25, 0.3) is 0 Å². The van der Waals surface area contributed by atoms with E-state index in [0.717, 1.165) is 19.3 Å². The van der Waals surface area contributed by atoms with Crippen LogP contribution < -0.4 is 5.32 Å². The highest BCUT2D eigenvalue weighted by molar-refractivity contribution is 9.10. The first kappa shape index (κ1) is 14.5. The lowest BCUT2D eigenvalue weighted by atomic mass is 9.80. The third-order valence-corrected chi connectivity index (χ3v) is 4.03. The van der Waals surface area contributed by atoms with Crippen molar-refractivity contribution in [2.75, 3.05) is 6.54 Å². The predicted octanol–water partition coefficient (Wildman–Crippen LogP) is 2.55. The van der Waals surface area contributed by atoms with Crippen LogP contribution in [0.5, 0.6) is 0 Å². The van der Waals surface area contributed by atoms with Gasteiger partial charge in [0.05, 0.1) is 5.60 Å². The van der Waals surface area contributed by atoms with Crippen LogP contribution in [0.1, 0.15) is 31.2 Å².